The highest BCUT2D eigenvalue weighted by Gasteiger charge is 2.16. The highest BCUT2D eigenvalue weighted by atomic mass is 35.5. The summed E-state index contributed by atoms with van der Waals surface area (Å²) in [5.74, 6) is 0. The van der Waals surface area contributed by atoms with Crippen molar-refractivity contribution in [1.82, 2.24) is 4.57 Å². The van der Waals surface area contributed by atoms with Crippen molar-refractivity contribution < 1.29 is 4.74 Å². The number of rotatable bonds is 2. The van der Waals surface area contributed by atoms with E-state index in [1.807, 2.05) is 0 Å². The molecule has 0 amide bonds. The van der Waals surface area contributed by atoms with Gasteiger partial charge < -0.3 is 9.30 Å². The Morgan fingerprint density at radius 2 is 2.10 bits per heavy atom. The second kappa shape index (κ2) is 4.33. The molecule has 10 heavy (non-hydrogen) atoms. The summed E-state index contributed by atoms with van der Waals surface area (Å²) in [5, 5.41) is 0. The van der Waals surface area contributed by atoms with Crippen molar-refractivity contribution in [3.05, 3.63) is 0 Å². The van der Waals surface area contributed by atoms with Gasteiger partial charge in [-0.05, 0) is 0 Å². The Bertz CT molecular complexity index is 97.7. The van der Waals surface area contributed by atoms with Gasteiger partial charge in [0.05, 0.1) is 13.2 Å². The maximum Gasteiger partial charge on any atom is 0.123 e. The van der Waals surface area contributed by atoms with Crippen molar-refractivity contribution in [1.29, 1.82) is 0 Å². The maximum atomic E-state index is 5.76. The van der Waals surface area contributed by atoms with Crippen LogP contribution in [-0.4, -0.2) is 45.3 Å². The normalized spacial score (nSPS) is 24.6. The molecule has 1 atom stereocenters. The largest absolute Gasteiger partial charge is 0.379 e. The van der Waals surface area contributed by atoms with Gasteiger partial charge in [-0.3, -0.25) is 0 Å². The molecule has 0 saturated carbocycles. The molecule has 0 aliphatic carbocycles. The van der Waals surface area contributed by atoms with Crippen molar-refractivity contribution >= 4 is 20.6 Å². The molecule has 0 aromatic carbocycles. The molecule has 0 aromatic rings. The zero-order valence-corrected chi connectivity index (χ0v) is 8.26. The Balaban J connectivity index is 2.24. The summed E-state index contributed by atoms with van der Waals surface area (Å²) in [5.41, 5.74) is 0.861. The molecule has 1 aliphatic rings. The lowest BCUT2D eigenvalue weighted by atomic mass is 10.5. The summed E-state index contributed by atoms with van der Waals surface area (Å²) >= 11 is 5.76. The van der Waals surface area contributed by atoms with Gasteiger partial charge in [0.1, 0.15) is 8.96 Å². The lowest BCUT2D eigenvalue weighted by molar-refractivity contribution is 0.0710. The highest BCUT2D eigenvalue weighted by Crippen LogP contribution is 2.01. The predicted octanol–water partition coefficient (Wildman–Crippen LogP) is 0.450. The molecule has 0 spiro atoms. The van der Waals surface area contributed by atoms with Gasteiger partial charge in [-0.1, -0.05) is 6.55 Å². The average molecular weight is 180 g/mol. The highest BCUT2D eigenvalue weighted by molar-refractivity contribution is 6.63. The van der Waals surface area contributed by atoms with Crippen LogP contribution in [-0.2, 0) is 4.74 Å². The lowest BCUT2D eigenvalue weighted by Crippen LogP contribution is -2.46. The van der Waals surface area contributed by atoms with Gasteiger partial charge in [-0.15, -0.1) is 11.6 Å². The van der Waals surface area contributed by atoms with E-state index in [-0.39, 0.29) is 0 Å². The van der Waals surface area contributed by atoms with E-state index in [1.165, 1.54) is 0 Å². The number of hydrogen-bond acceptors (Lipinski definition) is 2. The van der Waals surface area contributed by atoms with E-state index in [0.29, 0.717) is 0 Å². The minimum absolute atomic E-state index is 0.744. The van der Waals surface area contributed by atoms with Crippen LogP contribution in [0.25, 0.3) is 0 Å². The van der Waals surface area contributed by atoms with E-state index in [4.69, 9.17) is 16.3 Å². The Labute approximate surface area is 68.8 Å². The SMILES string of the molecule is C[SiH](CCl)N1CCOCC1. The van der Waals surface area contributed by atoms with E-state index in [0.717, 1.165) is 31.8 Å². The minimum atomic E-state index is -0.744. The zero-order chi connectivity index (χ0) is 7.40. The first-order valence-electron chi connectivity index (χ1n) is 3.72. The quantitative estimate of drug-likeness (QED) is 0.451. The van der Waals surface area contributed by atoms with Gasteiger partial charge >= 0.3 is 0 Å². The van der Waals surface area contributed by atoms with Gasteiger partial charge in [-0.2, -0.15) is 0 Å². The predicted molar refractivity (Wildman–Crippen MR) is 46.1 cm³/mol. The third-order valence-corrected chi connectivity index (χ3v) is 5.44. The monoisotopic (exact) mass is 179 g/mol. The topological polar surface area (TPSA) is 12.5 Å². The van der Waals surface area contributed by atoms with Crippen LogP contribution in [0.3, 0.4) is 0 Å². The number of ether oxygens (including phenoxy) is 1. The molecule has 0 radical (unpaired) electrons. The van der Waals surface area contributed by atoms with Gasteiger partial charge in [0.15, 0.2) is 0 Å². The zero-order valence-electron chi connectivity index (χ0n) is 6.35. The number of alkyl halides is 1. The fraction of sp³-hybridized carbons (Fsp3) is 1.00. The first-order chi connectivity index (χ1) is 4.84. The molecule has 1 fully saturated rings. The van der Waals surface area contributed by atoms with Crippen molar-refractivity contribution in [2.45, 2.75) is 6.55 Å². The fourth-order valence-corrected chi connectivity index (χ4v) is 2.99. The summed E-state index contributed by atoms with van der Waals surface area (Å²) in [4.78, 5) is 0. The van der Waals surface area contributed by atoms with Crippen LogP contribution in [0.1, 0.15) is 0 Å². The van der Waals surface area contributed by atoms with Gasteiger partial charge in [0.2, 0.25) is 0 Å². The van der Waals surface area contributed by atoms with Crippen LogP contribution in [0.5, 0.6) is 0 Å². The summed E-state index contributed by atoms with van der Waals surface area (Å²) in [6.07, 6.45) is 0. The standard InChI is InChI=1S/C6H14ClNOSi/c1-10(6-7)8-2-4-9-5-3-8/h10H,2-6H2,1H3. The second-order valence-electron chi connectivity index (χ2n) is 2.65. The summed E-state index contributed by atoms with van der Waals surface area (Å²) in [6.45, 7) is 6.28. The average Bonchev–Trinajstić information content (AvgIpc) is 2.05. The molecule has 2 nitrogen and oxygen atoms in total. The molecule has 0 bridgehead atoms. The molecular formula is C6H14ClNOSi. The lowest BCUT2D eigenvalue weighted by Gasteiger charge is -2.30. The van der Waals surface area contributed by atoms with E-state index < -0.39 is 8.96 Å². The van der Waals surface area contributed by atoms with E-state index >= 15 is 0 Å². The molecule has 1 rings (SSSR count). The van der Waals surface area contributed by atoms with Crippen LogP contribution < -0.4 is 0 Å². The van der Waals surface area contributed by atoms with Crippen LogP contribution in [0.4, 0.5) is 0 Å². The third kappa shape index (κ3) is 2.23. The van der Waals surface area contributed by atoms with Crippen LogP contribution in [0.2, 0.25) is 6.55 Å². The molecule has 4 heteroatoms. The minimum Gasteiger partial charge on any atom is -0.379 e. The molecule has 1 saturated heterocycles. The number of halogens is 1. The van der Waals surface area contributed by atoms with Crippen LogP contribution in [0, 0.1) is 0 Å². The number of morpholine rings is 1. The van der Waals surface area contributed by atoms with E-state index in [9.17, 15) is 0 Å². The molecule has 60 valence electrons. The Kier molecular flexibility index (Phi) is 3.69. The van der Waals surface area contributed by atoms with Crippen molar-refractivity contribution in [2.24, 2.45) is 0 Å². The second-order valence-corrected chi connectivity index (χ2v) is 6.31. The molecule has 1 unspecified atom stereocenters. The fourth-order valence-electron chi connectivity index (χ4n) is 1.12. The molecule has 1 aliphatic heterocycles. The smallest absolute Gasteiger partial charge is 0.123 e. The number of hydrogen-bond donors (Lipinski definition) is 0. The van der Waals surface area contributed by atoms with E-state index in [1.54, 1.807) is 0 Å². The third-order valence-electron chi connectivity index (χ3n) is 1.89. The van der Waals surface area contributed by atoms with Crippen molar-refractivity contribution in [3.8, 4) is 0 Å². The van der Waals surface area contributed by atoms with E-state index in [2.05, 4.69) is 11.1 Å². The van der Waals surface area contributed by atoms with Gasteiger partial charge in [0, 0.05) is 18.6 Å². The van der Waals surface area contributed by atoms with Crippen molar-refractivity contribution in [2.75, 3.05) is 31.8 Å². The van der Waals surface area contributed by atoms with Gasteiger partial charge in [0.25, 0.3) is 0 Å². The summed E-state index contributed by atoms with van der Waals surface area (Å²) in [7, 11) is -0.744. The van der Waals surface area contributed by atoms with Crippen LogP contribution >= 0.6 is 11.6 Å². The van der Waals surface area contributed by atoms with Gasteiger partial charge in [-0.25, -0.2) is 0 Å². The Morgan fingerprint density at radius 1 is 1.50 bits per heavy atom. The summed E-state index contributed by atoms with van der Waals surface area (Å²) in [6, 6.07) is 0. The number of nitrogens with zero attached hydrogens (tertiary/aromatic N) is 1. The maximum absolute atomic E-state index is 5.76. The first kappa shape index (κ1) is 8.52. The first-order valence-corrected chi connectivity index (χ1v) is 6.74. The Morgan fingerprint density at radius 3 is 2.60 bits per heavy atom. The summed E-state index contributed by atoms with van der Waals surface area (Å²) < 4.78 is 7.73. The molecule has 0 aromatic heterocycles. The van der Waals surface area contributed by atoms with Crippen molar-refractivity contribution in [3.63, 3.8) is 0 Å². The Hall–Kier alpha value is 0.427. The molecule has 0 N–H and O–H groups in total. The molecular weight excluding hydrogens is 166 g/mol. The molecule has 1 heterocycles. The van der Waals surface area contributed by atoms with Crippen LogP contribution in [0.15, 0.2) is 0 Å².